The molecule has 0 aliphatic heterocycles. The Morgan fingerprint density at radius 1 is 1.42 bits per heavy atom. The van der Waals surface area contributed by atoms with E-state index in [1.165, 1.54) is 0 Å². The fourth-order valence-electron chi connectivity index (χ4n) is 2.89. The normalized spacial score (nSPS) is 17.3. The molecule has 0 atom stereocenters. The second-order valence-corrected chi connectivity index (χ2v) is 5.41. The van der Waals surface area contributed by atoms with Crippen LogP contribution in [0.25, 0.3) is 0 Å². The molecule has 6 nitrogen and oxygen atoms in total. The first kappa shape index (κ1) is 13.6. The standard InChI is InChI=1S/C13H19N3O3/c1-16-9-10(8-14-16)15-11(17)6-13(7-12(18)19)4-2-3-5-13/h8-9H,2-7H2,1H3,(H,15,17)(H,18,19). The molecule has 0 radical (unpaired) electrons. The van der Waals surface area contributed by atoms with Gasteiger partial charge in [-0.25, -0.2) is 0 Å². The van der Waals surface area contributed by atoms with E-state index < -0.39 is 5.97 Å². The summed E-state index contributed by atoms with van der Waals surface area (Å²) in [5, 5.41) is 15.7. The Bertz CT molecular complexity index is 475. The van der Waals surface area contributed by atoms with Crippen molar-refractivity contribution in [3.05, 3.63) is 12.4 Å². The third-order valence-electron chi connectivity index (χ3n) is 3.71. The first-order valence-corrected chi connectivity index (χ1v) is 6.49. The van der Waals surface area contributed by atoms with E-state index in [0.717, 1.165) is 25.7 Å². The summed E-state index contributed by atoms with van der Waals surface area (Å²) in [6, 6.07) is 0. The minimum absolute atomic E-state index is 0.0768. The number of amides is 1. The quantitative estimate of drug-likeness (QED) is 0.850. The Balaban J connectivity index is 1.97. The van der Waals surface area contributed by atoms with Gasteiger partial charge in [0.05, 0.1) is 18.3 Å². The van der Waals surface area contributed by atoms with Crippen molar-refractivity contribution in [3.63, 3.8) is 0 Å². The van der Waals surface area contributed by atoms with E-state index in [4.69, 9.17) is 5.11 Å². The molecule has 0 spiro atoms. The van der Waals surface area contributed by atoms with Crippen LogP contribution in [-0.2, 0) is 16.6 Å². The maximum atomic E-state index is 12.0. The topological polar surface area (TPSA) is 84.2 Å². The lowest BCUT2D eigenvalue weighted by molar-refractivity contribution is -0.140. The number of hydrogen-bond acceptors (Lipinski definition) is 3. The van der Waals surface area contributed by atoms with Gasteiger partial charge in [-0.05, 0) is 18.3 Å². The number of aromatic nitrogens is 2. The number of aliphatic carboxylic acids is 1. The molecule has 0 unspecified atom stereocenters. The van der Waals surface area contributed by atoms with Crippen LogP contribution in [0.1, 0.15) is 38.5 Å². The van der Waals surface area contributed by atoms with Crippen LogP contribution in [0.5, 0.6) is 0 Å². The smallest absolute Gasteiger partial charge is 0.303 e. The zero-order chi connectivity index (χ0) is 13.9. The summed E-state index contributed by atoms with van der Waals surface area (Å²) in [6.07, 6.45) is 7.30. The molecule has 1 heterocycles. The van der Waals surface area contributed by atoms with Crippen molar-refractivity contribution in [2.45, 2.75) is 38.5 Å². The van der Waals surface area contributed by atoms with Gasteiger partial charge in [0, 0.05) is 19.7 Å². The average molecular weight is 265 g/mol. The highest BCUT2D eigenvalue weighted by Crippen LogP contribution is 2.44. The number of rotatable bonds is 5. The number of carbonyl (C=O) groups is 2. The summed E-state index contributed by atoms with van der Waals surface area (Å²) < 4.78 is 1.61. The Morgan fingerprint density at radius 3 is 2.63 bits per heavy atom. The summed E-state index contributed by atoms with van der Waals surface area (Å²) in [5.41, 5.74) is 0.286. The molecule has 1 amide bonds. The highest BCUT2D eigenvalue weighted by Gasteiger charge is 2.37. The van der Waals surface area contributed by atoms with Gasteiger partial charge in [-0.2, -0.15) is 5.10 Å². The monoisotopic (exact) mass is 265 g/mol. The highest BCUT2D eigenvalue weighted by molar-refractivity contribution is 5.91. The molecular formula is C13H19N3O3. The predicted octanol–water partition coefficient (Wildman–Crippen LogP) is 1.78. The van der Waals surface area contributed by atoms with Gasteiger partial charge in [-0.15, -0.1) is 0 Å². The van der Waals surface area contributed by atoms with Crippen LogP contribution in [0.15, 0.2) is 12.4 Å². The van der Waals surface area contributed by atoms with Crippen LogP contribution in [0, 0.1) is 5.41 Å². The number of carboxylic acids is 1. The van der Waals surface area contributed by atoms with Gasteiger partial charge in [0.15, 0.2) is 0 Å². The van der Waals surface area contributed by atoms with Crippen LogP contribution in [0.4, 0.5) is 5.69 Å². The lowest BCUT2D eigenvalue weighted by Crippen LogP contribution is -2.27. The van der Waals surface area contributed by atoms with E-state index in [9.17, 15) is 9.59 Å². The average Bonchev–Trinajstić information content (AvgIpc) is 2.87. The lowest BCUT2D eigenvalue weighted by atomic mass is 9.79. The van der Waals surface area contributed by atoms with E-state index >= 15 is 0 Å². The largest absolute Gasteiger partial charge is 0.481 e. The Labute approximate surface area is 111 Å². The number of nitrogens with one attached hydrogen (secondary N) is 1. The Hall–Kier alpha value is -1.85. The molecule has 0 bridgehead atoms. The van der Waals surface area contributed by atoms with Gasteiger partial charge in [0.1, 0.15) is 0 Å². The van der Waals surface area contributed by atoms with E-state index in [-0.39, 0.29) is 24.2 Å². The fourth-order valence-corrected chi connectivity index (χ4v) is 2.89. The van der Waals surface area contributed by atoms with E-state index in [2.05, 4.69) is 10.4 Å². The minimum Gasteiger partial charge on any atom is -0.481 e. The molecule has 1 fully saturated rings. The number of aryl methyl sites for hydroxylation is 1. The molecule has 1 aromatic rings. The SMILES string of the molecule is Cn1cc(NC(=O)CC2(CC(=O)O)CCCC2)cn1. The number of carboxylic acid groups (broad SMARTS) is 1. The van der Waals surface area contributed by atoms with E-state index in [1.807, 2.05) is 0 Å². The second kappa shape index (κ2) is 5.42. The van der Waals surface area contributed by atoms with Crippen LogP contribution >= 0.6 is 0 Å². The number of hydrogen-bond donors (Lipinski definition) is 2. The molecule has 0 saturated heterocycles. The predicted molar refractivity (Wildman–Crippen MR) is 69.6 cm³/mol. The minimum atomic E-state index is -0.823. The molecule has 2 N–H and O–H groups in total. The zero-order valence-electron chi connectivity index (χ0n) is 11.1. The maximum absolute atomic E-state index is 12.0. The summed E-state index contributed by atoms with van der Waals surface area (Å²) in [5.74, 6) is -0.952. The van der Waals surface area contributed by atoms with Crippen molar-refractivity contribution >= 4 is 17.6 Å². The molecular weight excluding hydrogens is 246 g/mol. The Kier molecular flexibility index (Phi) is 3.87. The van der Waals surface area contributed by atoms with Crippen molar-refractivity contribution in [2.24, 2.45) is 12.5 Å². The lowest BCUT2D eigenvalue weighted by Gasteiger charge is -2.26. The van der Waals surface area contributed by atoms with Gasteiger partial charge in [-0.1, -0.05) is 12.8 Å². The van der Waals surface area contributed by atoms with Crippen molar-refractivity contribution in [1.82, 2.24) is 9.78 Å². The van der Waals surface area contributed by atoms with E-state index in [1.54, 1.807) is 24.1 Å². The van der Waals surface area contributed by atoms with Crippen LogP contribution in [-0.4, -0.2) is 26.8 Å². The fraction of sp³-hybridized carbons (Fsp3) is 0.615. The third-order valence-corrected chi connectivity index (χ3v) is 3.71. The maximum Gasteiger partial charge on any atom is 0.303 e. The van der Waals surface area contributed by atoms with Crippen molar-refractivity contribution in [3.8, 4) is 0 Å². The summed E-state index contributed by atoms with van der Waals surface area (Å²) >= 11 is 0. The second-order valence-electron chi connectivity index (χ2n) is 5.41. The van der Waals surface area contributed by atoms with Crippen molar-refractivity contribution < 1.29 is 14.7 Å². The molecule has 104 valence electrons. The van der Waals surface area contributed by atoms with Gasteiger partial charge < -0.3 is 10.4 Å². The van der Waals surface area contributed by atoms with Gasteiger partial charge in [0.2, 0.25) is 5.91 Å². The van der Waals surface area contributed by atoms with Crippen molar-refractivity contribution in [2.75, 3.05) is 5.32 Å². The molecule has 1 aromatic heterocycles. The molecule has 0 aromatic carbocycles. The van der Waals surface area contributed by atoms with Crippen LogP contribution < -0.4 is 5.32 Å². The third kappa shape index (κ3) is 3.56. The number of carbonyl (C=O) groups excluding carboxylic acids is 1. The molecule has 2 rings (SSSR count). The summed E-state index contributed by atoms with van der Waals surface area (Å²) in [4.78, 5) is 23.0. The van der Waals surface area contributed by atoms with Gasteiger partial charge in [-0.3, -0.25) is 14.3 Å². The first-order chi connectivity index (χ1) is 8.99. The van der Waals surface area contributed by atoms with Crippen LogP contribution in [0.2, 0.25) is 0 Å². The Morgan fingerprint density at radius 2 is 2.11 bits per heavy atom. The van der Waals surface area contributed by atoms with Gasteiger partial charge >= 0.3 is 5.97 Å². The van der Waals surface area contributed by atoms with Gasteiger partial charge in [0.25, 0.3) is 0 Å². The molecule has 1 saturated carbocycles. The molecule has 1 aliphatic carbocycles. The van der Waals surface area contributed by atoms with Crippen LogP contribution in [0.3, 0.4) is 0 Å². The number of nitrogens with zero attached hydrogens (tertiary/aromatic N) is 2. The molecule has 6 heteroatoms. The van der Waals surface area contributed by atoms with Crippen molar-refractivity contribution in [1.29, 1.82) is 0 Å². The molecule has 1 aliphatic rings. The zero-order valence-corrected chi connectivity index (χ0v) is 11.1. The molecule has 19 heavy (non-hydrogen) atoms. The highest BCUT2D eigenvalue weighted by atomic mass is 16.4. The number of anilines is 1. The summed E-state index contributed by atoms with van der Waals surface area (Å²) in [6.45, 7) is 0. The summed E-state index contributed by atoms with van der Waals surface area (Å²) in [7, 11) is 1.78. The van der Waals surface area contributed by atoms with E-state index in [0.29, 0.717) is 5.69 Å². The first-order valence-electron chi connectivity index (χ1n) is 6.49.